The van der Waals surface area contributed by atoms with E-state index in [1.807, 2.05) is 0 Å². The van der Waals surface area contributed by atoms with Crippen LogP contribution < -0.4 is 0 Å². The molecule has 0 saturated carbocycles. The molecule has 1 aromatic rings. The van der Waals surface area contributed by atoms with Crippen molar-refractivity contribution in [3.8, 4) is 30.3 Å². The molecule has 77 valence electrons. The first-order valence-corrected chi connectivity index (χ1v) is 4.54. The summed E-state index contributed by atoms with van der Waals surface area (Å²) in [6, 6.07) is 8.43. The van der Waals surface area contributed by atoms with E-state index in [0.717, 1.165) is 0 Å². The van der Waals surface area contributed by atoms with E-state index < -0.39 is 0 Å². The zero-order valence-corrected chi connectivity index (χ0v) is 12.1. The average molecular weight is 258 g/mol. The molecule has 0 saturated heterocycles. The third kappa shape index (κ3) is 2.32. The van der Waals surface area contributed by atoms with E-state index in [4.69, 9.17) is 26.3 Å². The molecule has 0 aliphatic carbocycles. The Balaban J connectivity index is 0.00000289. The van der Waals surface area contributed by atoms with Crippen LogP contribution in [0, 0.1) is 56.7 Å². The predicted molar refractivity (Wildman–Crippen MR) is 63.0 cm³/mol. The zero-order chi connectivity index (χ0) is 13.0. The molecule has 0 aromatic heterocycles. The van der Waals surface area contributed by atoms with Crippen LogP contribution in [-0.4, -0.2) is 29.6 Å². The number of nitrogens with zero attached hydrogens (tertiary/aromatic N) is 5. The van der Waals surface area contributed by atoms with Crippen LogP contribution in [0.5, 0.6) is 0 Å². The second-order valence-corrected chi connectivity index (χ2v) is 3.23. The zero-order valence-electron chi connectivity index (χ0n) is 9.18. The van der Waals surface area contributed by atoms with Gasteiger partial charge in [0.2, 0.25) is 0 Å². The number of nitriles is 5. The Morgan fingerprint density at radius 1 is 0.556 bits per heavy atom. The van der Waals surface area contributed by atoms with Gasteiger partial charge in [0.1, 0.15) is 30.3 Å². The van der Waals surface area contributed by atoms with Crippen LogP contribution in [0.25, 0.3) is 0 Å². The Bertz CT molecular complexity index is 666. The molecule has 0 atom stereocenters. The van der Waals surface area contributed by atoms with E-state index in [-0.39, 0.29) is 62.3 Å². The summed E-state index contributed by atoms with van der Waals surface area (Å²) in [4.78, 5) is -0.0536. The smallest absolute Gasteiger partial charge is 0.102 e. The molecule has 5 nitrogen and oxygen atoms in total. The molecule has 1 aromatic carbocycles. The van der Waals surface area contributed by atoms with Gasteiger partial charge >= 0.3 is 0 Å². The average Bonchev–Trinajstić information content (AvgIpc) is 2.36. The molecule has 0 bridgehead atoms. The van der Waals surface area contributed by atoms with Crippen molar-refractivity contribution in [2.45, 2.75) is 4.90 Å². The molecule has 0 heterocycles. The molecule has 1 rings (SSSR count). The third-order valence-electron chi connectivity index (χ3n) is 2.03. The van der Waals surface area contributed by atoms with Crippen molar-refractivity contribution in [1.29, 1.82) is 26.3 Å². The maximum Gasteiger partial charge on any atom is 0.102 e. The van der Waals surface area contributed by atoms with Crippen LogP contribution in [0.3, 0.4) is 0 Å². The van der Waals surface area contributed by atoms with Crippen molar-refractivity contribution < 1.29 is 0 Å². The van der Waals surface area contributed by atoms with E-state index in [2.05, 4.69) is 12.6 Å². The molecular weight excluding hydrogens is 257 g/mol. The van der Waals surface area contributed by atoms with Gasteiger partial charge in [-0.05, 0) is 0 Å². The van der Waals surface area contributed by atoms with Gasteiger partial charge < -0.3 is 0 Å². The summed E-state index contributed by atoms with van der Waals surface area (Å²) >= 11 is 3.95. The molecular formula is C11HN5NaS. The van der Waals surface area contributed by atoms with Gasteiger partial charge in [-0.3, -0.25) is 0 Å². The van der Waals surface area contributed by atoms with Crippen molar-refractivity contribution in [2.75, 3.05) is 0 Å². The Kier molecular flexibility index (Phi) is 5.95. The van der Waals surface area contributed by atoms with E-state index in [9.17, 15) is 0 Å². The van der Waals surface area contributed by atoms with Crippen molar-refractivity contribution in [2.24, 2.45) is 0 Å². The Morgan fingerprint density at radius 3 is 1.00 bits per heavy atom. The first-order valence-electron chi connectivity index (χ1n) is 4.09. The number of rotatable bonds is 0. The van der Waals surface area contributed by atoms with Gasteiger partial charge in [0.15, 0.2) is 0 Å². The third-order valence-corrected chi connectivity index (χ3v) is 2.48. The Labute approximate surface area is 131 Å². The van der Waals surface area contributed by atoms with Crippen molar-refractivity contribution in [3.63, 3.8) is 0 Å². The molecule has 18 heavy (non-hydrogen) atoms. The molecule has 0 spiro atoms. The minimum atomic E-state index is -0.263. The summed E-state index contributed by atoms with van der Waals surface area (Å²) in [6.45, 7) is 0. The normalized spacial score (nSPS) is 7.56. The molecule has 0 aliphatic rings. The number of hydrogen-bond donors (Lipinski definition) is 1. The second kappa shape index (κ2) is 6.68. The fourth-order valence-corrected chi connectivity index (χ4v) is 1.61. The summed E-state index contributed by atoms with van der Waals surface area (Å²) in [6.07, 6.45) is 0. The SMILES string of the molecule is N#Cc1c(S)c(C#N)c(C#N)c(C#N)c1C#N.[Na]. The monoisotopic (exact) mass is 258 g/mol. The summed E-state index contributed by atoms with van der Waals surface area (Å²) in [5, 5.41) is 44.4. The van der Waals surface area contributed by atoms with Gasteiger partial charge in [0, 0.05) is 34.5 Å². The Hall–Kier alpha value is -1.98. The molecule has 7 heteroatoms. The van der Waals surface area contributed by atoms with Crippen molar-refractivity contribution in [3.05, 3.63) is 27.8 Å². The molecule has 0 amide bonds. The number of hydrogen-bond acceptors (Lipinski definition) is 6. The molecule has 0 unspecified atom stereocenters. The number of benzene rings is 1. The largest absolute Gasteiger partial charge is 0.192 e. The fraction of sp³-hybridized carbons (Fsp3) is 0. The van der Waals surface area contributed by atoms with Crippen LogP contribution in [-0.2, 0) is 0 Å². The van der Waals surface area contributed by atoms with Crippen LogP contribution in [0.2, 0.25) is 0 Å². The molecule has 0 aliphatic heterocycles. The number of thiol groups is 1. The van der Waals surface area contributed by atoms with Crippen molar-refractivity contribution in [1.82, 2.24) is 0 Å². The topological polar surface area (TPSA) is 119 Å². The van der Waals surface area contributed by atoms with Gasteiger partial charge in [-0.2, -0.15) is 26.3 Å². The first-order chi connectivity index (χ1) is 8.15. The van der Waals surface area contributed by atoms with Crippen LogP contribution in [0.1, 0.15) is 27.8 Å². The quantitative estimate of drug-likeness (QED) is 0.548. The van der Waals surface area contributed by atoms with Gasteiger partial charge in [-0.1, -0.05) is 0 Å². The predicted octanol–water partition coefficient (Wildman–Crippen LogP) is 0.953. The van der Waals surface area contributed by atoms with Crippen molar-refractivity contribution >= 4 is 42.2 Å². The Morgan fingerprint density at radius 2 is 0.778 bits per heavy atom. The van der Waals surface area contributed by atoms with E-state index in [1.165, 1.54) is 0 Å². The van der Waals surface area contributed by atoms with Gasteiger partial charge in [0.05, 0.1) is 27.8 Å². The summed E-state index contributed by atoms with van der Waals surface area (Å²) < 4.78 is 0. The van der Waals surface area contributed by atoms with Gasteiger partial charge in [-0.15, -0.1) is 12.6 Å². The van der Waals surface area contributed by atoms with Gasteiger partial charge in [0.25, 0.3) is 0 Å². The summed E-state index contributed by atoms with van der Waals surface area (Å²) in [7, 11) is 0. The van der Waals surface area contributed by atoms with Gasteiger partial charge in [-0.25, -0.2) is 0 Å². The maximum absolute atomic E-state index is 8.90. The van der Waals surface area contributed by atoms with E-state index in [0.29, 0.717) is 0 Å². The van der Waals surface area contributed by atoms with Crippen LogP contribution in [0.15, 0.2) is 4.90 Å². The van der Waals surface area contributed by atoms with Crippen LogP contribution >= 0.6 is 12.6 Å². The molecule has 0 N–H and O–H groups in total. The first kappa shape index (κ1) is 16.0. The van der Waals surface area contributed by atoms with E-state index in [1.54, 1.807) is 30.3 Å². The fourth-order valence-electron chi connectivity index (χ4n) is 1.29. The molecule has 1 radical (unpaired) electrons. The second-order valence-electron chi connectivity index (χ2n) is 2.78. The minimum Gasteiger partial charge on any atom is -0.192 e. The van der Waals surface area contributed by atoms with E-state index >= 15 is 0 Å². The summed E-state index contributed by atoms with van der Waals surface area (Å²) in [5.41, 5.74) is -1.04. The summed E-state index contributed by atoms with van der Waals surface area (Å²) in [5.74, 6) is 0. The standard InChI is InChI=1S/C11HN5S.Na/c12-1-6-7(2-13)9(4-15)11(17)10(5-16)8(6)3-14;/h17H;. The maximum atomic E-state index is 8.90. The minimum absolute atomic E-state index is 0. The molecule has 0 fully saturated rings. The van der Waals surface area contributed by atoms with Crippen LogP contribution in [0.4, 0.5) is 0 Å².